The fraction of sp³-hybridized carbons (Fsp3) is 0.0952. The smallest absolute Gasteiger partial charge is 0.119 e. The van der Waals surface area contributed by atoms with Crippen LogP contribution in [0.15, 0.2) is 168 Å². The Balaban J connectivity index is 0.851. The molecule has 0 unspecified atom stereocenters. The van der Waals surface area contributed by atoms with Gasteiger partial charge in [0.2, 0.25) is 0 Å². The zero-order valence-corrected chi connectivity index (χ0v) is 26.1. The van der Waals surface area contributed by atoms with Crippen molar-refractivity contribution in [2.45, 2.75) is 0 Å². The van der Waals surface area contributed by atoms with Crippen LogP contribution in [0.3, 0.4) is 0 Å². The molecule has 0 radical (unpaired) electrons. The Labute approximate surface area is 276 Å². The summed E-state index contributed by atoms with van der Waals surface area (Å²) in [7, 11) is 0. The van der Waals surface area contributed by atoms with Crippen LogP contribution in [-0.4, -0.2) is 38.9 Å². The van der Waals surface area contributed by atoms with Crippen molar-refractivity contribution in [2.75, 3.05) is 26.4 Å². The Hall–Kier alpha value is -5.78. The van der Waals surface area contributed by atoms with Crippen molar-refractivity contribution >= 4 is 23.8 Å². The molecule has 0 aromatic heterocycles. The standard InChI is InChI=1S/C42H36N2O3/c1-3-7-35(8-4-1)37-15-11-33(12-16-37)31-43-39-19-23-41(24-20-39)46-29-27-45-28-30-47-42-25-21-40(22-26-42)44-32-34-13-17-38(18-14-34)36-9-5-2-6-10-36/h1-26,31-32H,27-30H2. The van der Waals surface area contributed by atoms with Crippen molar-refractivity contribution in [3.8, 4) is 33.8 Å². The van der Waals surface area contributed by atoms with Gasteiger partial charge in [0.05, 0.1) is 24.6 Å². The van der Waals surface area contributed by atoms with Crippen molar-refractivity contribution < 1.29 is 14.2 Å². The third-order valence-corrected chi connectivity index (χ3v) is 7.43. The van der Waals surface area contributed by atoms with Gasteiger partial charge in [-0.05, 0) is 81.9 Å². The number of benzene rings is 6. The maximum absolute atomic E-state index is 5.81. The molecule has 0 bridgehead atoms. The van der Waals surface area contributed by atoms with E-state index in [0.717, 1.165) is 34.0 Å². The summed E-state index contributed by atoms with van der Waals surface area (Å²) in [6.45, 7) is 1.86. The molecule has 6 aromatic carbocycles. The number of ether oxygens (including phenoxy) is 3. The average Bonchev–Trinajstić information content (AvgIpc) is 3.15. The Morgan fingerprint density at radius 3 is 1.11 bits per heavy atom. The van der Waals surface area contributed by atoms with Crippen LogP contribution in [0.25, 0.3) is 22.3 Å². The molecule has 0 saturated heterocycles. The van der Waals surface area contributed by atoms with Crippen molar-refractivity contribution in [1.29, 1.82) is 0 Å². The summed E-state index contributed by atoms with van der Waals surface area (Å²) < 4.78 is 17.3. The van der Waals surface area contributed by atoms with Gasteiger partial charge in [0.25, 0.3) is 0 Å². The Morgan fingerprint density at radius 2 is 0.723 bits per heavy atom. The molecule has 5 heteroatoms. The lowest BCUT2D eigenvalue weighted by molar-refractivity contribution is 0.0764. The van der Waals surface area contributed by atoms with Crippen LogP contribution >= 0.6 is 0 Å². The molecular weight excluding hydrogens is 580 g/mol. The average molecular weight is 617 g/mol. The molecule has 0 fully saturated rings. The Morgan fingerprint density at radius 1 is 0.362 bits per heavy atom. The summed E-state index contributed by atoms with van der Waals surface area (Å²) in [5.41, 5.74) is 8.62. The topological polar surface area (TPSA) is 52.4 Å². The predicted molar refractivity (Wildman–Crippen MR) is 193 cm³/mol. The van der Waals surface area contributed by atoms with Crippen LogP contribution in [0.2, 0.25) is 0 Å². The molecule has 232 valence electrons. The summed E-state index contributed by atoms with van der Waals surface area (Å²) >= 11 is 0. The van der Waals surface area contributed by atoms with Gasteiger partial charge >= 0.3 is 0 Å². The van der Waals surface area contributed by atoms with Crippen molar-refractivity contribution in [1.82, 2.24) is 0 Å². The second-order valence-electron chi connectivity index (χ2n) is 10.8. The minimum Gasteiger partial charge on any atom is -0.491 e. The van der Waals surface area contributed by atoms with Crippen LogP contribution < -0.4 is 9.47 Å². The largest absolute Gasteiger partial charge is 0.491 e. The molecule has 6 aromatic rings. The summed E-state index contributed by atoms with van der Waals surface area (Å²) in [6.07, 6.45) is 3.74. The molecule has 0 aliphatic carbocycles. The number of aliphatic imine (C=N–C) groups is 2. The van der Waals surface area contributed by atoms with Gasteiger partial charge in [0.15, 0.2) is 0 Å². The van der Waals surface area contributed by atoms with Gasteiger partial charge in [0, 0.05) is 12.4 Å². The van der Waals surface area contributed by atoms with Gasteiger partial charge in [-0.25, -0.2) is 0 Å². The molecule has 0 aliphatic heterocycles. The monoisotopic (exact) mass is 616 g/mol. The molecule has 5 nitrogen and oxygen atoms in total. The quantitative estimate of drug-likeness (QED) is 0.0904. The normalized spacial score (nSPS) is 11.2. The van der Waals surface area contributed by atoms with E-state index in [2.05, 4.69) is 82.8 Å². The number of nitrogens with zero attached hydrogens (tertiary/aromatic N) is 2. The SMILES string of the molecule is C(=Nc1ccc(OCCOCCOc2ccc(N=Cc3ccc(-c4ccccc4)cc3)cc2)cc1)c1ccc(-c2ccccc2)cc1. The highest BCUT2D eigenvalue weighted by Gasteiger charge is 2.00. The van der Waals surface area contributed by atoms with E-state index in [-0.39, 0.29) is 0 Å². The maximum atomic E-state index is 5.81. The van der Waals surface area contributed by atoms with Gasteiger partial charge in [-0.2, -0.15) is 0 Å². The first kappa shape index (κ1) is 31.2. The minimum atomic E-state index is 0.456. The fourth-order valence-electron chi connectivity index (χ4n) is 4.88. The molecular formula is C42H36N2O3. The third kappa shape index (κ3) is 9.60. The van der Waals surface area contributed by atoms with Gasteiger partial charge in [-0.1, -0.05) is 109 Å². The van der Waals surface area contributed by atoms with Crippen LogP contribution in [0.4, 0.5) is 11.4 Å². The molecule has 6 rings (SSSR count). The Kier molecular flexibility index (Phi) is 11.0. The van der Waals surface area contributed by atoms with Gasteiger partial charge in [-0.15, -0.1) is 0 Å². The lowest BCUT2D eigenvalue weighted by Gasteiger charge is -2.09. The number of rotatable bonds is 14. The highest BCUT2D eigenvalue weighted by molar-refractivity contribution is 5.84. The van der Waals surface area contributed by atoms with E-state index in [1.807, 2.05) is 97.4 Å². The number of hydrogen-bond donors (Lipinski definition) is 0. The molecule has 0 saturated carbocycles. The predicted octanol–water partition coefficient (Wildman–Crippen LogP) is 10.00. The van der Waals surface area contributed by atoms with E-state index >= 15 is 0 Å². The summed E-state index contributed by atoms with van der Waals surface area (Å²) in [5, 5.41) is 0. The third-order valence-electron chi connectivity index (χ3n) is 7.43. The number of hydrogen-bond acceptors (Lipinski definition) is 5. The molecule has 0 amide bonds. The molecule has 47 heavy (non-hydrogen) atoms. The Bertz CT molecular complexity index is 1710. The van der Waals surface area contributed by atoms with Crippen molar-refractivity contribution in [2.24, 2.45) is 9.98 Å². The van der Waals surface area contributed by atoms with E-state index in [4.69, 9.17) is 14.2 Å². The first-order valence-electron chi connectivity index (χ1n) is 15.7. The molecule has 0 heterocycles. The van der Waals surface area contributed by atoms with Gasteiger partial charge < -0.3 is 14.2 Å². The van der Waals surface area contributed by atoms with E-state index in [1.54, 1.807) is 0 Å². The van der Waals surface area contributed by atoms with Crippen LogP contribution in [-0.2, 0) is 4.74 Å². The minimum absolute atomic E-state index is 0.456. The lowest BCUT2D eigenvalue weighted by atomic mass is 10.0. The molecule has 0 atom stereocenters. The highest BCUT2D eigenvalue weighted by atomic mass is 16.5. The zero-order valence-electron chi connectivity index (χ0n) is 26.1. The van der Waals surface area contributed by atoms with Crippen LogP contribution in [0.5, 0.6) is 11.5 Å². The van der Waals surface area contributed by atoms with E-state index in [1.165, 1.54) is 22.3 Å². The van der Waals surface area contributed by atoms with E-state index in [9.17, 15) is 0 Å². The summed E-state index contributed by atoms with van der Waals surface area (Å²) in [5.74, 6) is 1.56. The second kappa shape index (κ2) is 16.5. The lowest BCUT2D eigenvalue weighted by Crippen LogP contribution is -2.12. The van der Waals surface area contributed by atoms with Gasteiger partial charge in [0.1, 0.15) is 24.7 Å². The van der Waals surface area contributed by atoms with Crippen LogP contribution in [0.1, 0.15) is 11.1 Å². The highest BCUT2D eigenvalue weighted by Crippen LogP contribution is 2.22. The van der Waals surface area contributed by atoms with E-state index < -0.39 is 0 Å². The van der Waals surface area contributed by atoms with Crippen LogP contribution in [0, 0.1) is 0 Å². The molecule has 0 spiro atoms. The molecule has 0 aliphatic rings. The molecule has 0 N–H and O–H groups in total. The van der Waals surface area contributed by atoms with Crippen molar-refractivity contribution in [3.63, 3.8) is 0 Å². The van der Waals surface area contributed by atoms with E-state index in [0.29, 0.717) is 26.4 Å². The summed E-state index contributed by atoms with van der Waals surface area (Å²) in [4.78, 5) is 9.17. The maximum Gasteiger partial charge on any atom is 0.119 e. The van der Waals surface area contributed by atoms with Gasteiger partial charge in [-0.3, -0.25) is 9.98 Å². The first-order valence-corrected chi connectivity index (χ1v) is 15.7. The zero-order chi connectivity index (χ0) is 31.9. The summed E-state index contributed by atoms with van der Waals surface area (Å²) in [6, 6.07) is 52.9. The fourth-order valence-corrected chi connectivity index (χ4v) is 4.88. The second-order valence-corrected chi connectivity index (χ2v) is 10.8. The first-order chi connectivity index (χ1) is 23.3. The van der Waals surface area contributed by atoms with Crippen molar-refractivity contribution in [3.05, 3.63) is 169 Å².